The van der Waals surface area contributed by atoms with E-state index in [1.165, 1.54) is 12.8 Å². The smallest absolute Gasteiger partial charge is 0.250 e. The van der Waals surface area contributed by atoms with E-state index >= 15 is 0 Å². The van der Waals surface area contributed by atoms with Crippen LogP contribution in [0.15, 0.2) is 24.7 Å². The molecule has 2 aromatic heterocycles. The maximum Gasteiger partial charge on any atom is 0.250 e. The number of carbonyl (C=O) groups excluding carboxylic acids is 1. The van der Waals surface area contributed by atoms with Crippen LogP contribution in [0.25, 0.3) is 0 Å². The Morgan fingerprint density at radius 1 is 1.46 bits per heavy atom. The standard InChI is InChI=1S/C17H25N5O3S/c1-2-21-8-7-16(20-21)19-17(23)15(9-13-5-3-4-6-13)22-11-14(10-18-22)12-26(24)25/h7-8,10-11,13,15H,2-6,9,12H2,1H3,(H,24,25)(H,19,20,23)/t15-/m0/s1. The molecule has 2 atom stereocenters. The minimum Gasteiger partial charge on any atom is -0.307 e. The van der Waals surface area contributed by atoms with E-state index in [9.17, 15) is 9.00 Å². The number of rotatable bonds is 8. The predicted octanol–water partition coefficient (Wildman–Crippen LogP) is 2.58. The molecule has 1 amide bonds. The van der Waals surface area contributed by atoms with Crippen LogP contribution < -0.4 is 5.32 Å². The molecule has 0 aromatic carbocycles. The third-order valence-electron chi connectivity index (χ3n) is 4.81. The van der Waals surface area contributed by atoms with E-state index in [0.717, 1.165) is 19.4 Å². The van der Waals surface area contributed by atoms with Crippen LogP contribution in [0.3, 0.4) is 0 Å². The van der Waals surface area contributed by atoms with Crippen molar-refractivity contribution >= 4 is 22.8 Å². The number of hydrogen-bond acceptors (Lipinski definition) is 4. The topological polar surface area (TPSA) is 102 Å². The molecule has 26 heavy (non-hydrogen) atoms. The first-order chi connectivity index (χ1) is 12.5. The number of aromatic nitrogens is 4. The Hall–Kier alpha value is -2.00. The van der Waals surface area contributed by atoms with E-state index in [2.05, 4.69) is 15.5 Å². The molecule has 8 nitrogen and oxygen atoms in total. The van der Waals surface area contributed by atoms with Gasteiger partial charge < -0.3 is 9.87 Å². The average Bonchev–Trinajstić information content (AvgIpc) is 3.33. The van der Waals surface area contributed by atoms with E-state index < -0.39 is 17.1 Å². The van der Waals surface area contributed by atoms with E-state index in [0.29, 0.717) is 23.7 Å². The van der Waals surface area contributed by atoms with Gasteiger partial charge in [-0.1, -0.05) is 25.7 Å². The van der Waals surface area contributed by atoms with E-state index in [-0.39, 0.29) is 11.7 Å². The summed E-state index contributed by atoms with van der Waals surface area (Å²) in [5, 5.41) is 11.5. The lowest BCUT2D eigenvalue weighted by molar-refractivity contribution is -0.120. The Bertz CT molecular complexity index is 766. The number of aryl methyl sites for hydroxylation is 1. The molecular weight excluding hydrogens is 354 g/mol. The summed E-state index contributed by atoms with van der Waals surface area (Å²) < 4.78 is 23.4. The number of hydrogen-bond donors (Lipinski definition) is 2. The van der Waals surface area contributed by atoms with Crippen LogP contribution in [-0.4, -0.2) is 34.2 Å². The molecule has 0 saturated heterocycles. The second-order valence-corrected chi connectivity index (χ2v) is 7.67. The summed E-state index contributed by atoms with van der Waals surface area (Å²) >= 11 is -1.93. The second-order valence-electron chi connectivity index (χ2n) is 6.74. The maximum absolute atomic E-state index is 12.9. The second kappa shape index (κ2) is 8.59. The van der Waals surface area contributed by atoms with Crippen molar-refractivity contribution in [1.29, 1.82) is 0 Å². The SMILES string of the molecule is CCn1ccc(NC(=O)[C@H](CC2CCCC2)n2cc(CS(=O)O)cn2)n1. The minimum atomic E-state index is -1.93. The molecule has 0 bridgehead atoms. The van der Waals surface area contributed by atoms with Gasteiger partial charge in [0.2, 0.25) is 5.91 Å². The van der Waals surface area contributed by atoms with Crippen LogP contribution in [0.4, 0.5) is 5.82 Å². The van der Waals surface area contributed by atoms with Crippen LogP contribution in [-0.2, 0) is 28.2 Å². The Balaban J connectivity index is 1.76. The molecule has 2 heterocycles. The molecule has 1 aliphatic rings. The van der Waals surface area contributed by atoms with E-state index in [4.69, 9.17) is 4.55 Å². The zero-order chi connectivity index (χ0) is 18.5. The third kappa shape index (κ3) is 4.79. The zero-order valence-corrected chi connectivity index (χ0v) is 15.7. The highest BCUT2D eigenvalue weighted by molar-refractivity contribution is 7.78. The van der Waals surface area contributed by atoms with Gasteiger partial charge in [-0.15, -0.1) is 0 Å². The molecule has 1 aliphatic carbocycles. The van der Waals surface area contributed by atoms with Gasteiger partial charge in [-0.05, 0) is 19.3 Å². The lowest BCUT2D eigenvalue weighted by atomic mass is 9.98. The van der Waals surface area contributed by atoms with Crippen molar-refractivity contribution in [2.75, 3.05) is 5.32 Å². The Morgan fingerprint density at radius 2 is 2.23 bits per heavy atom. The molecule has 2 N–H and O–H groups in total. The molecule has 0 aliphatic heterocycles. The van der Waals surface area contributed by atoms with Gasteiger partial charge in [-0.2, -0.15) is 10.2 Å². The minimum absolute atomic E-state index is 0.0126. The summed E-state index contributed by atoms with van der Waals surface area (Å²) in [6.45, 7) is 2.72. The average molecular weight is 379 g/mol. The van der Waals surface area contributed by atoms with Crippen molar-refractivity contribution < 1.29 is 13.6 Å². The lowest BCUT2D eigenvalue weighted by Crippen LogP contribution is -2.28. The maximum atomic E-state index is 12.9. The molecule has 9 heteroatoms. The van der Waals surface area contributed by atoms with Crippen LogP contribution in [0, 0.1) is 5.92 Å². The molecule has 1 fully saturated rings. The third-order valence-corrected chi connectivity index (χ3v) is 5.39. The van der Waals surface area contributed by atoms with Crippen LogP contribution in [0.5, 0.6) is 0 Å². The quantitative estimate of drug-likeness (QED) is 0.686. The van der Waals surface area contributed by atoms with Crippen molar-refractivity contribution in [1.82, 2.24) is 19.6 Å². The molecule has 0 radical (unpaired) electrons. The van der Waals surface area contributed by atoms with Crippen molar-refractivity contribution in [3.05, 3.63) is 30.2 Å². The fourth-order valence-electron chi connectivity index (χ4n) is 3.48. The number of carbonyl (C=O) groups is 1. The number of anilines is 1. The summed E-state index contributed by atoms with van der Waals surface area (Å²) in [5.41, 5.74) is 0.644. The molecule has 3 rings (SSSR count). The fraction of sp³-hybridized carbons (Fsp3) is 0.588. The summed E-state index contributed by atoms with van der Waals surface area (Å²) in [6, 6.07) is 1.32. The molecule has 2 aromatic rings. The normalized spacial score (nSPS) is 17.3. The van der Waals surface area contributed by atoms with E-state index in [1.54, 1.807) is 27.8 Å². The number of nitrogens with one attached hydrogen (secondary N) is 1. The highest BCUT2D eigenvalue weighted by Crippen LogP contribution is 2.32. The first-order valence-corrected chi connectivity index (χ1v) is 10.3. The van der Waals surface area contributed by atoms with Gasteiger partial charge in [0.15, 0.2) is 16.9 Å². The highest BCUT2D eigenvalue weighted by Gasteiger charge is 2.28. The van der Waals surface area contributed by atoms with Crippen LogP contribution >= 0.6 is 0 Å². The molecule has 1 unspecified atom stereocenters. The van der Waals surface area contributed by atoms with Crippen LogP contribution in [0.1, 0.15) is 50.6 Å². The van der Waals surface area contributed by atoms with Gasteiger partial charge in [0.1, 0.15) is 6.04 Å². The number of amides is 1. The molecular formula is C17H25N5O3S. The van der Waals surface area contributed by atoms with Crippen molar-refractivity contribution in [3.63, 3.8) is 0 Å². The fourth-order valence-corrected chi connectivity index (χ4v) is 3.91. The largest absolute Gasteiger partial charge is 0.307 e. The Labute approximate surface area is 155 Å². The number of nitrogens with zero attached hydrogens (tertiary/aromatic N) is 4. The molecule has 142 valence electrons. The monoisotopic (exact) mass is 379 g/mol. The van der Waals surface area contributed by atoms with Gasteiger partial charge in [-0.3, -0.25) is 14.2 Å². The van der Waals surface area contributed by atoms with Gasteiger partial charge >= 0.3 is 0 Å². The Kier molecular flexibility index (Phi) is 6.20. The van der Waals surface area contributed by atoms with Gasteiger partial charge in [0.05, 0.1) is 11.9 Å². The van der Waals surface area contributed by atoms with Crippen LogP contribution in [0.2, 0.25) is 0 Å². The van der Waals surface area contributed by atoms with Gasteiger partial charge in [0.25, 0.3) is 0 Å². The zero-order valence-electron chi connectivity index (χ0n) is 14.9. The van der Waals surface area contributed by atoms with E-state index in [1.807, 2.05) is 13.1 Å². The summed E-state index contributed by atoms with van der Waals surface area (Å²) in [7, 11) is 0. The predicted molar refractivity (Wildman–Crippen MR) is 98.8 cm³/mol. The summed E-state index contributed by atoms with van der Waals surface area (Å²) in [4.78, 5) is 12.9. The summed E-state index contributed by atoms with van der Waals surface area (Å²) in [5.74, 6) is 0.882. The first kappa shape index (κ1) is 18.8. The molecule has 1 saturated carbocycles. The van der Waals surface area contributed by atoms with Gasteiger partial charge in [0, 0.05) is 30.6 Å². The molecule has 0 spiro atoms. The van der Waals surface area contributed by atoms with Gasteiger partial charge in [-0.25, -0.2) is 4.21 Å². The summed E-state index contributed by atoms with van der Waals surface area (Å²) in [6.07, 6.45) is 10.4. The van der Waals surface area contributed by atoms with Crippen molar-refractivity contribution in [2.45, 2.75) is 57.4 Å². The highest BCUT2D eigenvalue weighted by atomic mass is 32.2. The first-order valence-electron chi connectivity index (χ1n) is 9.00. The Morgan fingerprint density at radius 3 is 2.88 bits per heavy atom. The van der Waals surface area contributed by atoms with Crippen molar-refractivity contribution in [2.24, 2.45) is 5.92 Å². The van der Waals surface area contributed by atoms with Crippen molar-refractivity contribution in [3.8, 4) is 0 Å². The lowest BCUT2D eigenvalue weighted by Gasteiger charge is -2.20.